The van der Waals surface area contributed by atoms with Crippen LogP contribution < -0.4 is 4.90 Å². The molecule has 0 aliphatic carbocycles. The maximum atomic E-state index is 14.8. The molecule has 4 aromatic rings. The summed E-state index contributed by atoms with van der Waals surface area (Å²) in [5, 5.41) is 4.49. The van der Waals surface area contributed by atoms with E-state index < -0.39 is 11.6 Å². The van der Waals surface area contributed by atoms with Crippen LogP contribution in [0.5, 0.6) is 0 Å². The number of likely N-dealkylation sites (N-methyl/N-ethyl adjacent to an activating group) is 1. The lowest BCUT2D eigenvalue weighted by Gasteiger charge is -2.36. The highest BCUT2D eigenvalue weighted by Gasteiger charge is 2.35. The molecule has 38 heavy (non-hydrogen) atoms. The molecular formula is C29H33F2N7. The Morgan fingerprint density at radius 2 is 1.79 bits per heavy atom. The molecule has 3 aromatic heterocycles. The van der Waals surface area contributed by atoms with Gasteiger partial charge in [0.15, 0.2) is 5.65 Å². The molecule has 2 saturated heterocycles. The number of fused-ring (bicyclic) bond motifs is 1. The van der Waals surface area contributed by atoms with Crippen LogP contribution in [0.2, 0.25) is 0 Å². The summed E-state index contributed by atoms with van der Waals surface area (Å²) < 4.78 is 30.5. The van der Waals surface area contributed by atoms with Crippen LogP contribution in [-0.4, -0.2) is 69.2 Å². The largest absolute Gasteiger partial charge is 0.349 e. The quantitative estimate of drug-likeness (QED) is 0.373. The molecule has 6 rings (SSSR count). The van der Waals surface area contributed by atoms with Gasteiger partial charge >= 0.3 is 0 Å². The smallest absolute Gasteiger partial charge is 0.166 e. The van der Waals surface area contributed by atoms with Crippen molar-refractivity contribution in [1.82, 2.24) is 29.4 Å². The van der Waals surface area contributed by atoms with Crippen molar-refractivity contribution in [1.29, 1.82) is 0 Å². The zero-order chi connectivity index (χ0) is 26.4. The Morgan fingerprint density at radius 3 is 2.55 bits per heavy atom. The Morgan fingerprint density at radius 1 is 0.974 bits per heavy atom. The van der Waals surface area contributed by atoms with Gasteiger partial charge < -0.3 is 9.80 Å². The summed E-state index contributed by atoms with van der Waals surface area (Å²) in [5.41, 5.74) is 3.90. The lowest BCUT2D eigenvalue weighted by Crippen LogP contribution is -2.45. The van der Waals surface area contributed by atoms with E-state index in [1.54, 1.807) is 10.7 Å². The predicted molar refractivity (Wildman–Crippen MR) is 144 cm³/mol. The van der Waals surface area contributed by atoms with Crippen molar-refractivity contribution in [3.63, 3.8) is 0 Å². The molecule has 1 unspecified atom stereocenters. The number of rotatable bonds is 5. The first-order valence-electron chi connectivity index (χ1n) is 13.3. The molecule has 0 N–H and O–H groups in total. The van der Waals surface area contributed by atoms with E-state index in [0.717, 1.165) is 55.7 Å². The predicted octanol–water partition coefficient (Wildman–Crippen LogP) is 4.97. The van der Waals surface area contributed by atoms with Gasteiger partial charge in [-0.1, -0.05) is 13.0 Å². The minimum atomic E-state index is -0.432. The van der Waals surface area contributed by atoms with E-state index in [4.69, 9.17) is 9.97 Å². The van der Waals surface area contributed by atoms with E-state index in [9.17, 15) is 8.78 Å². The first-order valence-corrected chi connectivity index (χ1v) is 13.3. The summed E-state index contributed by atoms with van der Waals surface area (Å²) in [5.74, 6) is 0.0533. The molecule has 2 aliphatic heterocycles. The van der Waals surface area contributed by atoms with Crippen molar-refractivity contribution >= 4 is 11.5 Å². The van der Waals surface area contributed by atoms with Crippen molar-refractivity contribution in [2.24, 2.45) is 5.92 Å². The van der Waals surface area contributed by atoms with Gasteiger partial charge in [0, 0.05) is 56.7 Å². The summed E-state index contributed by atoms with van der Waals surface area (Å²) in [6.45, 7) is 9.28. The third kappa shape index (κ3) is 4.54. The van der Waals surface area contributed by atoms with Crippen LogP contribution in [0.1, 0.15) is 43.5 Å². The Kier molecular flexibility index (Phi) is 6.57. The number of aromatic nitrogens is 4. The van der Waals surface area contributed by atoms with E-state index >= 15 is 0 Å². The van der Waals surface area contributed by atoms with Crippen LogP contribution in [0, 0.1) is 17.6 Å². The van der Waals surface area contributed by atoms with Crippen molar-refractivity contribution in [2.45, 2.75) is 32.4 Å². The molecule has 1 aromatic carbocycles. The molecule has 3 atom stereocenters. The summed E-state index contributed by atoms with van der Waals surface area (Å²) in [4.78, 5) is 16.7. The number of hydrogen-bond acceptors (Lipinski definition) is 6. The summed E-state index contributed by atoms with van der Waals surface area (Å²) in [6.07, 6.45) is 6.48. The average molecular weight is 518 g/mol. The molecule has 9 heteroatoms. The van der Waals surface area contributed by atoms with Crippen molar-refractivity contribution in [2.75, 3.05) is 44.7 Å². The van der Waals surface area contributed by atoms with Gasteiger partial charge in [-0.2, -0.15) is 5.10 Å². The number of nitrogens with zero attached hydrogens (tertiary/aromatic N) is 7. The zero-order valence-electron chi connectivity index (χ0n) is 22.1. The summed E-state index contributed by atoms with van der Waals surface area (Å²) >= 11 is 0. The van der Waals surface area contributed by atoms with E-state index in [-0.39, 0.29) is 12.0 Å². The minimum Gasteiger partial charge on any atom is -0.349 e. The van der Waals surface area contributed by atoms with Crippen molar-refractivity contribution in [3.05, 3.63) is 77.8 Å². The van der Waals surface area contributed by atoms with Gasteiger partial charge in [0.2, 0.25) is 0 Å². The zero-order valence-corrected chi connectivity index (χ0v) is 22.1. The molecule has 2 aliphatic rings. The highest BCUT2D eigenvalue weighted by atomic mass is 19.1. The number of halogens is 2. The van der Waals surface area contributed by atoms with Gasteiger partial charge in [-0.25, -0.2) is 18.3 Å². The Hall–Kier alpha value is -3.43. The second-order valence-electron chi connectivity index (χ2n) is 10.7. The first kappa shape index (κ1) is 24.9. The maximum absolute atomic E-state index is 14.8. The average Bonchev–Trinajstić information content (AvgIpc) is 3.53. The molecule has 2 fully saturated rings. The molecule has 7 nitrogen and oxygen atoms in total. The van der Waals surface area contributed by atoms with E-state index in [1.807, 2.05) is 24.5 Å². The van der Waals surface area contributed by atoms with Gasteiger partial charge in [0.05, 0.1) is 23.5 Å². The minimum absolute atomic E-state index is 0.158. The summed E-state index contributed by atoms with van der Waals surface area (Å²) in [7, 11) is 2.16. The standard InChI is InChI=1S/C29H33F2N7/c1-19-8-10-37(28(19)23-16-22(30)5-6-25(23)31)27-9-11-38-29(34-27)24(18-33-38)26-7-4-21(17-32-26)20(2)36-14-12-35(3)13-15-36/h4-7,9,11,16-20,28H,8,10,12-15H2,1-3H3/t19-,20?,28-/m1/s1. The maximum Gasteiger partial charge on any atom is 0.166 e. The van der Waals surface area contributed by atoms with E-state index in [1.165, 1.54) is 17.7 Å². The fourth-order valence-corrected chi connectivity index (χ4v) is 5.85. The fourth-order valence-electron chi connectivity index (χ4n) is 5.85. The Labute approximate surface area is 221 Å². The topological polar surface area (TPSA) is 52.8 Å². The summed E-state index contributed by atoms with van der Waals surface area (Å²) in [6, 6.07) is 9.76. The first-order chi connectivity index (χ1) is 18.4. The third-order valence-electron chi connectivity index (χ3n) is 8.26. The second-order valence-corrected chi connectivity index (χ2v) is 10.7. The highest BCUT2D eigenvalue weighted by Crippen LogP contribution is 2.41. The number of anilines is 1. The number of piperazine rings is 1. The number of benzene rings is 1. The van der Waals surface area contributed by atoms with Gasteiger partial charge in [-0.3, -0.25) is 9.88 Å². The van der Waals surface area contributed by atoms with Crippen LogP contribution in [0.25, 0.3) is 16.9 Å². The lowest BCUT2D eigenvalue weighted by molar-refractivity contribution is 0.119. The molecular weight excluding hydrogens is 484 g/mol. The van der Waals surface area contributed by atoms with Crippen LogP contribution in [0.3, 0.4) is 0 Å². The van der Waals surface area contributed by atoms with Crippen LogP contribution in [0.4, 0.5) is 14.6 Å². The van der Waals surface area contributed by atoms with Crippen LogP contribution >= 0.6 is 0 Å². The van der Waals surface area contributed by atoms with Gasteiger partial charge in [0.25, 0.3) is 0 Å². The highest BCUT2D eigenvalue weighted by molar-refractivity contribution is 5.75. The second kappa shape index (κ2) is 10.0. The monoisotopic (exact) mass is 517 g/mol. The molecule has 0 radical (unpaired) electrons. The normalized spacial score (nSPS) is 21.9. The SMILES string of the molecule is CC(c1ccc(-c2cnn3ccc(N4CC[C@@H](C)[C@@H]4c4cc(F)ccc4F)nc23)nc1)N1CCN(C)CC1. The fraction of sp³-hybridized carbons (Fsp3) is 0.414. The molecule has 0 saturated carbocycles. The van der Waals surface area contributed by atoms with Gasteiger partial charge in [-0.15, -0.1) is 0 Å². The van der Waals surface area contributed by atoms with Gasteiger partial charge in [0.1, 0.15) is 17.5 Å². The van der Waals surface area contributed by atoms with Crippen molar-refractivity contribution in [3.8, 4) is 11.3 Å². The molecule has 198 valence electrons. The third-order valence-corrected chi connectivity index (χ3v) is 8.26. The number of hydrogen-bond donors (Lipinski definition) is 0. The molecule has 0 bridgehead atoms. The molecule has 0 spiro atoms. The molecule has 0 amide bonds. The number of pyridine rings is 1. The van der Waals surface area contributed by atoms with Crippen LogP contribution in [0.15, 0.2) is 55.0 Å². The van der Waals surface area contributed by atoms with Crippen LogP contribution in [-0.2, 0) is 0 Å². The Bertz CT molecular complexity index is 1430. The Balaban J connectivity index is 1.29. The van der Waals surface area contributed by atoms with E-state index in [2.05, 4.69) is 46.8 Å². The van der Waals surface area contributed by atoms with Crippen molar-refractivity contribution < 1.29 is 8.78 Å². The lowest BCUT2D eigenvalue weighted by atomic mass is 9.95. The van der Waals surface area contributed by atoms with E-state index in [0.29, 0.717) is 23.8 Å². The molecule has 5 heterocycles. The van der Waals surface area contributed by atoms with Gasteiger partial charge in [-0.05, 0) is 62.2 Å².